The van der Waals surface area contributed by atoms with Gasteiger partial charge in [0.15, 0.2) is 0 Å². The van der Waals surface area contributed by atoms with E-state index in [0.717, 1.165) is 15.3 Å². The molecule has 0 radical (unpaired) electrons. The number of benzene rings is 2. The molecule has 0 saturated heterocycles. The number of carbonyl (C=O) groups excluding carboxylic acids is 2. The van der Waals surface area contributed by atoms with Crippen LogP contribution in [-0.2, 0) is 17.9 Å². The largest absolute Gasteiger partial charge is 0.332 e. The second-order valence-electron chi connectivity index (χ2n) is 7.14. The number of anilines is 1. The first kappa shape index (κ1) is 23.6. The number of thiophene rings is 1. The molecule has 166 valence electrons. The van der Waals surface area contributed by atoms with Crippen LogP contribution in [0.3, 0.4) is 0 Å². The van der Waals surface area contributed by atoms with Crippen molar-refractivity contribution >= 4 is 40.7 Å². The molecular weight excluding hydrogens is 438 g/mol. The zero-order valence-electron chi connectivity index (χ0n) is 18.1. The Balaban J connectivity index is 1.70. The molecule has 3 amide bonds. The molecule has 3 aromatic rings. The average molecular weight is 466 g/mol. The quantitative estimate of drug-likeness (QED) is 0.308. The summed E-state index contributed by atoms with van der Waals surface area (Å²) in [7, 11) is 0. The summed E-state index contributed by atoms with van der Waals surface area (Å²) in [5.74, 6) is -0.114. The van der Waals surface area contributed by atoms with Gasteiger partial charge in [-0.25, -0.2) is 4.79 Å². The van der Waals surface area contributed by atoms with Gasteiger partial charge in [0, 0.05) is 28.5 Å². The van der Waals surface area contributed by atoms with Gasteiger partial charge in [0.2, 0.25) is 5.91 Å². The third-order valence-corrected chi connectivity index (χ3v) is 6.40. The minimum Gasteiger partial charge on any atom is -0.332 e. The number of urea groups is 1. The lowest BCUT2D eigenvalue weighted by Crippen LogP contribution is -2.44. The molecule has 1 N–H and O–H groups in total. The second kappa shape index (κ2) is 12.1. The van der Waals surface area contributed by atoms with Crippen molar-refractivity contribution in [3.05, 3.63) is 95.2 Å². The van der Waals surface area contributed by atoms with Crippen LogP contribution in [0.1, 0.15) is 10.4 Å². The van der Waals surface area contributed by atoms with Crippen LogP contribution in [0.5, 0.6) is 0 Å². The van der Waals surface area contributed by atoms with E-state index in [-0.39, 0.29) is 25.0 Å². The van der Waals surface area contributed by atoms with Gasteiger partial charge in [-0.1, -0.05) is 42.5 Å². The standard InChI is InChI=1S/C25H27N3O2S2/c1-3-15-27(25(30)26-21-11-13-22(31-2)14-12-21)19-24(29)28(18-23-10-7-16-32-23)17-20-8-5-4-6-9-20/h3-14,16H,1,15,17-19H2,2H3,(H,26,30). The maximum atomic E-state index is 13.3. The number of thioether (sulfide) groups is 1. The van der Waals surface area contributed by atoms with Gasteiger partial charge >= 0.3 is 6.03 Å². The molecule has 0 spiro atoms. The number of amides is 3. The third kappa shape index (κ3) is 7.00. The Morgan fingerprint density at radius 2 is 1.75 bits per heavy atom. The average Bonchev–Trinajstić information content (AvgIpc) is 3.32. The molecule has 0 atom stereocenters. The summed E-state index contributed by atoms with van der Waals surface area (Å²) in [5, 5.41) is 4.88. The van der Waals surface area contributed by atoms with Crippen molar-refractivity contribution in [1.29, 1.82) is 0 Å². The molecule has 7 heteroatoms. The van der Waals surface area contributed by atoms with E-state index in [1.807, 2.05) is 78.4 Å². The van der Waals surface area contributed by atoms with Gasteiger partial charge in [-0.05, 0) is 47.5 Å². The van der Waals surface area contributed by atoms with E-state index in [1.165, 1.54) is 4.90 Å². The van der Waals surface area contributed by atoms with Crippen molar-refractivity contribution in [1.82, 2.24) is 9.80 Å². The van der Waals surface area contributed by atoms with Crippen LogP contribution in [-0.4, -0.2) is 41.1 Å². The molecule has 2 aromatic carbocycles. The summed E-state index contributed by atoms with van der Waals surface area (Å²) < 4.78 is 0. The van der Waals surface area contributed by atoms with E-state index in [9.17, 15) is 9.59 Å². The van der Waals surface area contributed by atoms with Crippen LogP contribution in [0.25, 0.3) is 0 Å². The van der Waals surface area contributed by atoms with E-state index in [2.05, 4.69) is 11.9 Å². The van der Waals surface area contributed by atoms with Gasteiger partial charge in [-0.2, -0.15) is 0 Å². The predicted octanol–water partition coefficient (Wildman–Crippen LogP) is 5.72. The van der Waals surface area contributed by atoms with Crippen LogP contribution in [0.4, 0.5) is 10.5 Å². The van der Waals surface area contributed by atoms with Crippen LogP contribution in [0.15, 0.2) is 89.7 Å². The highest BCUT2D eigenvalue weighted by Crippen LogP contribution is 2.18. The molecule has 1 heterocycles. The summed E-state index contributed by atoms with van der Waals surface area (Å²) in [6.45, 7) is 4.98. The van der Waals surface area contributed by atoms with E-state index in [4.69, 9.17) is 0 Å². The maximum Gasteiger partial charge on any atom is 0.322 e. The van der Waals surface area contributed by atoms with Crippen molar-refractivity contribution in [3.63, 3.8) is 0 Å². The smallest absolute Gasteiger partial charge is 0.322 e. The molecule has 0 saturated carbocycles. The number of nitrogens with one attached hydrogen (secondary N) is 1. The lowest BCUT2D eigenvalue weighted by atomic mass is 10.2. The highest BCUT2D eigenvalue weighted by Gasteiger charge is 2.21. The highest BCUT2D eigenvalue weighted by atomic mass is 32.2. The van der Waals surface area contributed by atoms with Gasteiger partial charge in [0.25, 0.3) is 0 Å². The number of carbonyl (C=O) groups is 2. The Kier molecular flexibility index (Phi) is 8.95. The molecule has 0 fully saturated rings. The van der Waals surface area contributed by atoms with Gasteiger partial charge in [-0.3, -0.25) is 4.79 Å². The van der Waals surface area contributed by atoms with Crippen molar-refractivity contribution < 1.29 is 9.59 Å². The zero-order valence-corrected chi connectivity index (χ0v) is 19.7. The van der Waals surface area contributed by atoms with Crippen molar-refractivity contribution in [3.8, 4) is 0 Å². The van der Waals surface area contributed by atoms with Gasteiger partial charge in [-0.15, -0.1) is 29.7 Å². The molecule has 0 unspecified atom stereocenters. The van der Waals surface area contributed by atoms with Crippen molar-refractivity contribution in [2.24, 2.45) is 0 Å². The van der Waals surface area contributed by atoms with E-state index < -0.39 is 0 Å². The molecule has 5 nitrogen and oxygen atoms in total. The fraction of sp³-hybridized carbons (Fsp3) is 0.200. The maximum absolute atomic E-state index is 13.3. The Labute approximate surface area is 197 Å². The SMILES string of the molecule is C=CCN(CC(=O)N(Cc1ccccc1)Cc1cccs1)C(=O)Nc1ccc(SC)cc1. The summed E-state index contributed by atoms with van der Waals surface area (Å²) in [6, 6.07) is 21.2. The number of hydrogen-bond acceptors (Lipinski definition) is 4. The topological polar surface area (TPSA) is 52.7 Å². The molecule has 1 aromatic heterocycles. The Morgan fingerprint density at radius 3 is 2.38 bits per heavy atom. The first-order chi connectivity index (χ1) is 15.6. The van der Waals surface area contributed by atoms with E-state index >= 15 is 0 Å². The van der Waals surface area contributed by atoms with E-state index in [0.29, 0.717) is 18.8 Å². The normalized spacial score (nSPS) is 10.4. The van der Waals surface area contributed by atoms with Crippen LogP contribution in [0, 0.1) is 0 Å². The minimum atomic E-state index is -0.328. The predicted molar refractivity (Wildman–Crippen MR) is 134 cm³/mol. The molecule has 3 rings (SSSR count). The Bertz CT molecular complexity index is 1010. The van der Waals surface area contributed by atoms with Gasteiger partial charge in [0.05, 0.1) is 6.54 Å². The molecule has 0 aliphatic rings. The summed E-state index contributed by atoms with van der Waals surface area (Å²) >= 11 is 3.25. The molecule has 0 aliphatic carbocycles. The first-order valence-electron chi connectivity index (χ1n) is 10.2. The molecule has 32 heavy (non-hydrogen) atoms. The number of nitrogens with zero attached hydrogens (tertiary/aromatic N) is 2. The summed E-state index contributed by atoms with van der Waals surface area (Å²) in [4.78, 5) is 31.6. The highest BCUT2D eigenvalue weighted by molar-refractivity contribution is 7.98. The zero-order chi connectivity index (χ0) is 22.8. The number of rotatable bonds is 10. The Morgan fingerprint density at radius 1 is 1.00 bits per heavy atom. The molecule has 0 aliphatic heterocycles. The Hall–Kier alpha value is -3.03. The van der Waals surface area contributed by atoms with Crippen LogP contribution < -0.4 is 5.32 Å². The summed E-state index contributed by atoms with van der Waals surface area (Å²) in [5.41, 5.74) is 1.74. The monoisotopic (exact) mass is 465 g/mol. The summed E-state index contributed by atoms with van der Waals surface area (Å²) in [6.07, 6.45) is 3.63. The fourth-order valence-electron chi connectivity index (χ4n) is 3.14. The minimum absolute atomic E-state index is 0.0288. The van der Waals surface area contributed by atoms with Crippen molar-refractivity contribution in [2.75, 3.05) is 24.7 Å². The van der Waals surface area contributed by atoms with E-state index in [1.54, 1.807) is 34.1 Å². The second-order valence-corrected chi connectivity index (χ2v) is 9.05. The van der Waals surface area contributed by atoms with Gasteiger partial charge in [0.1, 0.15) is 6.54 Å². The lowest BCUT2D eigenvalue weighted by Gasteiger charge is -2.27. The van der Waals surface area contributed by atoms with Crippen molar-refractivity contribution in [2.45, 2.75) is 18.0 Å². The number of hydrogen-bond donors (Lipinski definition) is 1. The molecular formula is C25H27N3O2S2. The lowest BCUT2D eigenvalue weighted by molar-refractivity contribution is -0.132. The van der Waals surface area contributed by atoms with Crippen LogP contribution >= 0.6 is 23.1 Å². The fourth-order valence-corrected chi connectivity index (χ4v) is 4.27. The first-order valence-corrected chi connectivity index (χ1v) is 12.3. The van der Waals surface area contributed by atoms with Gasteiger partial charge < -0.3 is 15.1 Å². The van der Waals surface area contributed by atoms with Crippen LogP contribution in [0.2, 0.25) is 0 Å². The molecule has 0 bridgehead atoms. The third-order valence-electron chi connectivity index (χ3n) is 4.80.